The maximum Gasteiger partial charge on any atom is 0.326 e. The second-order valence-electron chi connectivity index (χ2n) is 11.6. The minimum absolute atomic E-state index is 0.0124. The highest BCUT2D eigenvalue weighted by atomic mass is 16.4. The van der Waals surface area contributed by atoms with Crippen molar-refractivity contribution < 1.29 is 34.5 Å². The number of hydrogen-bond donors (Lipinski definition) is 8. The summed E-state index contributed by atoms with van der Waals surface area (Å²) >= 11 is 0. The number of carbonyl (C=O) groups is 4. The summed E-state index contributed by atoms with van der Waals surface area (Å²) in [5.74, 6) is -3.40. The van der Waals surface area contributed by atoms with Crippen molar-refractivity contribution >= 4 is 34.6 Å². The van der Waals surface area contributed by atoms with E-state index in [-0.39, 0.29) is 36.7 Å². The molecule has 12 heteroatoms. The van der Waals surface area contributed by atoms with Crippen LogP contribution in [0.15, 0.2) is 79.0 Å². The number of nitrogens with one attached hydrogen (secondary N) is 4. The second kappa shape index (κ2) is 15.1. The fraction of sp³-hybridized carbons (Fsp3) is 0.294. The predicted octanol–water partition coefficient (Wildman–Crippen LogP) is 2.13. The van der Waals surface area contributed by atoms with E-state index in [1.54, 1.807) is 44.3 Å². The SMILES string of the molecule is CC(C)C(N)C(=O)NC(Cc1ccc(O)cc1)C(=O)NC(Cc1c[nH]c2ccccc12)C(=O)NC(Cc1ccc(O)cc1)C(=O)O. The van der Waals surface area contributed by atoms with Crippen LogP contribution < -0.4 is 21.7 Å². The van der Waals surface area contributed by atoms with Crippen molar-refractivity contribution in [3.05, 3.63) is 95.7 Å². The number of benzene rings is 3. The van der Waals surface area contributed by atoms with Gasteiger partial charge < -0.3 is 42.0 Å². The monoisotopic (exact) mass is 629 g/mol. The van der Waals surface area contributed by atoms with Gasteiger partial charge in [-0.3, -0.25) is 14.4 Å². The number of phenolic OH excluding ortho intramolecular Hbond substituents is 2. The smallest absolute Gasteiger partial charge is 0.326 e. The van der Waals surface area contributed by atoms with Crippen molar-refractivity contribution in [2.45, 2.75) is 57.3 Å². The van der Waals surface area contributed by atoms with E-state index in [1.807, 2.05) is 24.3 Å². The van der Waals surface area contributed by atoms with Gasteiger partial charge in [-0.2, -0.15) is 0 Å². The number of aromatic nitrogens is 1. The fourth-order valence-electron chi connectivity index (χ4n) is 4.99. The zero-order chi connectivity index (χ0) is 33.4. The first-order valence-electron chi connectivity index (χ1n) is 14.9. The Balaban J connectivity index is 1.62. The number of para-hydroxylation sites is 1. The first-order chi connectivity index (χ1) is 21.9. The lowest BCUT2D eigenvalue weighted by Crippen LogP contribution is -2.58. The number of amides is 3. The number of carboxylic acids is 1. The van der Waals surface area contributed by atoms with E-state index in [9.17, 15) is 34.5 Å². The van der Waals surface area contributed by atoms with Crippen molar-refractivity contribution in [1.29, 1.82) is 0 Å². The van der Waals surface area contributed by atoms with Gasteiger partial charge in [-0.25, -0.2) is 4.79 Å². The van der Waals surface area contributed by atoms with Gasteiger partial charge in [0.2, 0.25) is 17.7 Å². The van der Waals surface area contributed by atoms with Crippen LogP contribution in [0.3, 0.4) is 0 Å². The van der Waals surface area contributed by atoms with Crippen LogP contribution in [0.25, 0.3) is 10.9 Å². The molecule has 0 saturated heterocycles. The number of carboxylic acid groups (broad SMARTS) is 1. The van der Waals surface area contributed by atoms with Gasteiger partial charge in [0.05, 0.1) is 6.04 Å². The molecular formula is C34H39N5O7. The molecule has 0 aliphatic heterocycles. The van der Waals surface area contributed by atoms with Crippen LogP contribution in [0.2, 0.25) is 0 Å². The maximum absolute atomic E-state index is 13.8. The summed E-state index contributed by atoms with van der Waals surface area (Å²) in [5, 5.41) is 38.1. The topological polar surface area (TPSA) is 207 Å². The number of rotatable bonds is 14. The summed E-state index contributed by atoms with van der Waals surface area (Å²) in [4.78, 5) is 55.9. The molecular weight excluding hydrogens is 590 g/mol. The minimum Gasteiger partial charge on any atom is -0.508 e. The summed E-state index contributed by atoms with van der Waals surface area (Å²) in [6, 6.07) is 14.9. The zero-order valence-corrected chi connectivity index (χ0v) is 25.6. The largest absolute Gasteiger partial charge is 0.508 e. The number of aromatic hydroxyl groups is 2. The lowest BCUT2D eigenvalue weighted by molar-refractivity contribution is -0.142. The molecule has 0 bridgehead atoms. The van der Waals surface area contributed by atoms with Crippen molar-refractivity contribution in [3.8, 4) is 11.5 Å². The first-order valence-corrected chi connectivity index (χ1v) is 14.9. The minimum atomic E-state index is -1.34. The molecule has 0 aliphatic carbocycles. The Morgan fingerprint density at radius 3 is 1.72 bits per heavy atom. The number of phenols is 2. The molecule has 3 amide bonds. The van der Waals surface area contributed by atoms with Gasteiger partial charge in [0.25, 0.3) is 0 Å². The summed E-state index contributed by atoms with van der Waals surface area (Å²) in [6.45, 7) is 3.55. The van der Waals surface area contributed by atoms with Gasteiger partial charge in [-0.1, -0.05) is 56.3 Å². The molecule has 12 nitrogen and oxygen atoms in total. The van der Waals surface area contributed by atoms with Gasteiger partial charge in [0.1, 0.15) is 29.6 Å². The Kier molecular flexibility index (Phi) is 11.0. The normalized spacial score (nSPS) is 13.8. The third-order valence-electron chi connectivity index (χ3n) is 7.75. The number of aromatic amines is 1. The Morgan fingerprint density at radius 2 is 1.17 bits per heavy atom. The average molecular weight is 630 g/mol. The molecule has 242 valence electrons. The van der Waals surface area contributed by atoms with Crippen molar-refractivity contribution in [2.24, 2.45) is 11.7 Å². The molecule has 1 aromatic heterocycles. The molecule has 0 fully saturated rings. The molecule has 1 heterocycles. The summed E-state index contributed by atoms with van der Waals surface area (Å²) < 4.78 is 0. The zero-order valence-electron chi connectivity index (χ0n) is 25.6. The number of aliphatic carboxylic acids is 1. The van der Waals surface area contributed by atoms with Crippen LogP contribution in [0, 0.1) is 5.92 Å². The number of hydrogen-bond acceptors (Lipinski definition) is 7. The van der Waals surface area contributed by atoms with Gasteiger partial charge in [0.15, 0.2) is 0 Å². The Morgan fingerprint density at radius 1 is 0.696 bits per heavy atom. The van der Waals surface area contributed by atoms with Gasteiger partial charge >= 0.3 is 5.97 Å². The van der Waals surface area contributed by atoms with Gasteiger partial charge in [-0.15, -0.1) is 0 Å². The van der Waals surface area contributed by atoms with E-state index in [4.69, 9.17) is 5.73 Å². The molecule has 3 aromatic carbocycles. The Labute approximate surface area is 266 Å². The maximum atomic E-state index is 13.8. The summed E-state index contributed by atoms with van der Waals surface area (Å²) in [6.07, 6.45) is 1.70. The lowest BCUT2D eigenvalue weighted by Gasteiger charge is -2.26. The highest BCUT2D eigenvalue weighted by molar-refractivity contribution is 5.95. The lowest BCUT2D eigenvalue weighted by atomic mass is 10.00. The highest BCUT2D eigenvalue weighted by Gasteiger charge is 2.31. The van der Waals surface area contributed by atoms with Crippen molar-refractivity contribution in [1.82, 2.24) is 20.9 Å². The van der Waals surface area contributed by atoms with Gasteiger partial charge in [-0.05, 0) is 52.9 Å². The molecule has 4 aromatic rings. The van der Waals surface area contributed by atoms with Crippen LogP contribution in [0.4, 0.5) is 0 Å². The third kappa shape index (κ3) is 8.85. The number of nitrogens with two attached hydrogens (primary N) is 1. The number of fused-ring (bicyclic) bond motifs is 1. The Bertz CT molecular complexity index is 1670. The molecule has 4 atom stereocenters. The standard InChI is InChI=1S/C34H39N5O7/c1-19(2)30(35)33(44)38-27(15-20-7-11-23(40)12-8-20)31(42)37-28(17-22-18-36-26-6-4-3-5-25(22)26)32(43)39-29(34(45)46)16-21-9-13-24(41)14-10-21/h3-14,18-19,27-30,36,40-41H,15-17,35H2,1-2H3,(H,37,42)(H,38,44)(H,39,43)(H,45,46). The van der Waals surface area contributed by atoms with Crippen LogP contribution in [0.1, 0.15) is 30.5 Å². The molecule has 4 rings (SSSR count). The van der Waals surface area contributed by atoms with Crippen LogP contribution >= 0.6 is 0 Å². The van der Waals surface area contributed by atoms with E-state index < -0.39 is 47.9 Å². The van der Waals surface area contributed by atoms with Crippen LogP contribution in [-0.2, 0) is 38.4 Å². The molecule has 0 spiro atoms. The molecule has 46 heavy (non-hydrogen) atoms. The molecule has 0 aliphatic rings. The Hall–Kier alpha value is -5.36. The first kappa shape index (κ1) is 33.5. The van der Waals surface area contributed by atoms with E-state index in [0.717, 1.165) is 10.9 Å². The predicted molar refractivity (Wildman–Crippen MR) is 172 cm³/mol. The van der Waals surface area contributed by atoms with E-state index >= 15 is 0 Å². The molecule has 0 saturated carbocycles. The molecule has 0 radical (unpaired) electrons. The average Bonchev–Trinajstić information content (AvgIpc) is 3.44. The van der Waals surface area contributed by atoms with Crippen molar-refractivity contribution in [2.75, 3.05) is 0 Å². The highest BCUT2D eigenvalue weighted by Crippen LogP contribution is 2.20. The number of H-pyrrole nitrogens is 1. The van der Waals surface area contributed by atoms with Crippen LogP contribution in [0.5, 0.6) is 11.5 Å². The van der Waals surface area contributed by atoms with E-state index in [0.29, 0.717) is 16.7 Å². The van der Waals surface area contributed by atoms with Crippen LogP contribution in [-0.4, -0.2) is 68.2 Å². The van der Waals surface area contributed by atoms with E-state index in [1.165, 1.54) is 24.3 Å². The second-order valence-corrected chi connectivity index (χ2v) is 11.6. The van der Waals surface area contributed by atoms with Gasteiger partial charge in [0, 0.05) is 36.4 Å². The van der Waals surface area contributed by atoms with Crippen molar-refractivity contribution in [3.63, 3.8) is 0 Å². The van der Waals surface area contributed by atoms with E-state index in [2.05, 4.69) is 20.9 Å². The summed E-state index contributed by atoms with van der Waals surface area (Å²) in [5.41, 5.74) is 8.79. The third-order valence-corrected chi connectivity index (χ3v) is 7.75. The molecule has 9 N–H and O–H groups in total. The quantitative estimate of drug-likeness (QED) is 0.103. The number of carbonyl (C=O) groups excluding carboxylic acids is 3. The fourth-order valence-corrected chi connectivity index (χ4v) is 4.99. The summed E-state index contributed by atoms with van der Waals surface area (Å²) in [7, 11) is 0. The molecule has 4 unspecified atom stereocenters.